The molecule has 0 unspecified atom stereocenters. The summed E-state index contributed by atoms with van der Waals surface area (Å²) in [6.07, 6.45) is 2.42. The molecule has 0 bridgehead atoms. The number of ether oxygens (including phenoxy) is 1. The molecule has 0 aliphatic heterocycles. The second kappa shape index (κ2) is 7.53. The van der Waals surface area contributed by atoms with Crippen molar-refractivity contribution in [1.29, 1.82) is 0 Å². The number of aryl methyl sites for hydroxylation is 1. The first kappa shape index (κ1) is 17.2. The largest absolute Gasteiger partial charge is 0.467 e. The second-order valence-electron chi connectivity index (χ2n) is 5.67. The van der Waals surface area contributed by atoms with E-state index in [0.717, 1.165) is 33.6 Å². The Morgan fingerprint density at radius 2 is 2.33 bits per heavy atom. The normalized spacial score (nSPS) is 12.7. The highest BCUT2D eigenvalue weighted by molar-refractivity contribution is 7.19. The lowest BCUT2D eigenvalue weighted by molar-refractivity contribution is 0.180. The number of methoxy groups -OCH3 is 1. The molecule has 1 atom stereocenters. The first-order valence-corrected chi connectivity index (χ1v) is 8.87. The highest BCUT2D eigenvalue weighted by Crippen LogP contribution is 2.37. The van der Waals surface area contributed by atoms with Crippen LogP contribution >= 0.6 is 22.9 Å². The van der Waals surface area contributed by atoms with Gasteiger partial charge >= 0.3 is 0 Å². The summed E-state index contributed by atoms with van der Waals surface area (Å²) in [4.78, 5) is 5.71. The molecule has 0 aromatic carbocycles. The lowest BCUT2D eigenvalue weighted by Gasteiger charge is -2.08. The van der Waals surface area contributed by atoms with Crippen molar-refractivity contribution in [2.75, 3.05) is 19.0 Å². The average molecular weight is 366 g/mol. The molecule has 3 aromatic heterocycles. The van der Waals surface area contributed by atoms with Gasteiger partial charge in [0.15, 0.2) is 0 Å². The number of halogens is 1. The van der Waals surface area contributed by atoms with Crippen LogP contribution in [-0.4, -0.2) is 24.7 Å². The van der Waals surface area contributed by atoms with Crippen LogP contribution in [-0.2, 0) is 17.7 Å². The maximum absolute atomic E-state index is 6.21. The predicted octanol–water partition coefficient (Wildman–Crippen LogP) is 3.98. The van der Waals surface area contributed by atoms with Gasteiger partial charge in [0.25, 0.3) is 0 Å². The molecule has 0 amide bonds. The first-order chi connectivity index (χ1) is 11.6. The smallest absolute Gasteiger partial charge is 0.131 e. The first-order valence-electron chi connectivity index (χ1n) is 7.67. The third-order valence-electron chi connectivity index (χ3n) is 3.80. The molecule has 24 heavy (non-hydrogen) atoms. The summed E-state index contributed by atoms with van der Waals surface area (Å²) >= 11 is 7.91. The highest BCUT2D eigenvalue weighted by Gasteiger charge is 2.16. The molecule has 3 aromatic rings. The van der Waals surface area contributed by atoms with Crippen LogP contribution in [0.5, 0.6) is 0 Å². The number of nitrogens with two attached hydrogens (primary N) is 1. The lowest BCUT2D eigenvalue weighted by atomic mass is 10.1. The van der Waals surface area contributed by atoms with Crippen molar-refractivity contribution in [3.63, 3.8) is 0 Å². The van der Waals surface area contributed by atoms with Crippen LogP contribution < -0.4 is 11.1 Å². The molecule has 3 rings (SSSR count). The molecule has 0 saturated heterocycles. The van der Waals surface area contributed by atoms with E-state index in [0.29, 0.717) is 18.3 Å². The number of nitrogens with zero attached hydrogens (tertiary/aromatic N) is 1. The van der Waals surface area contributed by atoms with Crippen LogP contribution in [0.2, 0.25) is 5.15 Å². The van der Waals surface area contributed by atoms with Crippen LogP contribution in [0.3, 0.4) is 0 Å². The Kier molecular flexibility index (Phi) is 5.40. The van der Waals surface area contributed by atoms with E-state index in [4.69, 9.17) is 26.5 Å². The number of aromatic nitrogens is 1. The van der Waals surface area contributed by atoms with Crippen molar-refractivity contribution in [2.24, 2.45) is 5.73 Å². The van der Waals surface area contributed by atoms with Gasteiger partial charge in [-0.25, -0.2) is 4.98 Å². The van der Waals surface area contributed by atoms with E-state index < -0.39 is 0 Å². The minimum atomic E-state index is -0.0308. The molecular weight excluding hydrogens is 346 g/mol. The maximum atomic E-state index is 6.21. The average Bonchev–Trinajstić information content (AvgIpc) is 3.15. The van der Waals surface area contributed by atoms with Crippen LogP contribution in [0.4, 0.5) is 5.69 Å². The molecule has 3 heterocycles. The SMILES string of the molecule is COC[C@H](N)Cc1sc2c(NCc3ccco3)cc(Cl)nc2c1C. The van der Waals surface area contributed by atoms with E-state index in [1.165, 1.54) is 4.88 Å². The van der Waals surface area contributed by atoms with Crippen molar-refractivity contribution in [3.8, 4) is 0 Å². The summed E-state index contributed by atoms with van der Waals surface area (Å²) in [5.74, 6) is 0.867. The Morgan fingerprint density at radius 3 is 3.04 bits per heavy atom. The zero-order chi connectivity index (χ0) is 17.1. The molecule has 0 aliphatic carbocycles. The fourth-order valence-corrected chi connectivity index (χ4v) is 4.15. The number of rotatable bonds is 7. The molecule has 0 aliphatic rings. The highest BCUT2D eigenvalue weighted by atomic mass is 35.5. The summed E-state index contributed by atoms with van der Waals surface area (Å²) in [5, 5.41) is 3.86. The molecule has 0 radical (unpaired) electrons. The maximum Gasteiger partial charge on any atom is 0.131 e. The van der Waals surface area contributed by atoms with Crippen LogP contribution in [0.15, 0.2) is 28.9 Å². The number of furan rings is 1. The second-order valence-corrected chi connectivity index (χ2v) is 7.17. The predicted molar refractivity (Wildman–Crippen MR) is 99.0 cm³/mol. The van der Waals surface area contributed by atoms with E-state index in [9.17, 15) is 0 Å². The van der Waals surface area contributed by atoms with Crippen molar-refractivity contribution in [3.05, 3.63) is 45.8 Å². The van der Waals surface area contributed by atoms with Gasteiger partial charge in [-0.1, -0.05) is 11.6 Å². The van der Waals surface area contributed by atoms with Gasteiger partial charge in [-0.3, -0.25) is 0 Å². The Bertz CT molecular complexity index is 817. The molecular formula is C17H20ClN3O2S. The fourth-order valence-electron chi connectivity index (χ4n) is 2.62. The summed E-state index contributed by atoms with van der Waals surface area (Å²) in [6, 6.07) is 5.62. The third-order valence-corrected chi connectivity index (χ3v) is 5.33. The number of pyridine rings is 1. The molecule has 3 N–H and O–H groups in total. The zero-order valence-corrected chi connectivity index (χ0v) is 15.2. The van der Waals surface area contributed by atoms with Crippen molar-refractivity contribution >= 4 is 38.8 Å². The van der Waals surface area contributed by atoms with E-state index in [1.807, 2.05) is 18.2 Å². The van der Waals surface area contributed by atoms with Gasteiger partial charge in [0.1, 0.15) is 10.9 Å². The van der Waals surface area contributed by atoms with Crippen LogP contribution in [0.25, 0.3) is 10.2 Å². The number of fused-ring (bicyclic) bond motifs is 1. The number of thiophene rings is 1. The molecule has 0 spiro atoms. The Morgan fingerprint density at radius 1 is 1.50 bits per heavy atom. The van der Waals surface area contributed by atoms with Gasteiger partial charge < -0.3 is 20.2 Å². The number of hydrogen-bond acceptors (Lipinski definition) is 6. The van der Waals surface area contributed by atoms with Gasteiger partial charge in [0.05, 0.1) is 35.3 Å². The number of anilines is 1. The quantitative estimate of drug-likeness (QED) is 0.619. The topological polar surface area (TPSA) is 73.3 Å². The van der Waals surface area contributed by atoms with Gasteiger partial charge in [0.2, 0.25) is 0 Å². The zero-order valence-electron chi connectivity index (χ0n) is 13.6. The lowest BCUT2D eigenvalue weighted by Crippen LogP contribution is -2.27. The van der Waals surface area contributed by atoms with E-state index in [2.05, 4.69) is 17.2 Å². The van der Waals surface area contributed by atoms with E-state index in [1.54, 1.807) is 24.7 Å². The summed E-state index contributed by atoms with van der Waals surface area (Å²) in [7, 11) is 1.66. The molecule has 5 nitrogen and oxygen atoms in total. The molecule has 0 saturated carbocycles. The van der Waals surface area contributed by atoms with E-state index >= 15 is 0 Å². The van der Waals surface area contributed by atoms with Gasteiger partial charge in [-0.15, -0.1) is 11.3 Å². The molecule has 7 heteroatoms. The van der Waals surface area contributed by atoms with Gasteiger partial charge in [-0.05, 0) is 31.0 Å². The van der Waals surface area contributed by atoms with Gasteiger partial charge in [-0.2, -0.15) is 0 Å². The van der Waals surface area contributed by atoms with Gasteiger partial charge in [0, 0.05) is 24.1 Å². The molecule has 0 fully saturated rings. The monoisotopic (exact) mass is 365 g/mol. The minimum absolute atomic E-state index is 0.0308. The standard InChI is InChI=1S/C17H20ClN3O2S/c1-10-14(6-11(19)9-22-2)24-17-13(7-15(18)21-16(10)17)20-8-12-4-3-5-23-12/h3-5,7,11H,6,8-9,19H2,1-2H3,(H,20,21)/t11-/m1/s1. The molecule has 128 valence electrons. The summed E-state index contributed by atoms with van der Waals surface area (Å²) in [5.41, 5.74) is 9.12. The number of hydrogen-bond donors (Lipinski definition) is 2. The van der Waals surface area contributed by atoms with Crippen molar-refractivity contribution < 1.29 is 9.15 Å². The summed E-state index contributed by atoms with van der Waals surface area (Å²) in [6.45, 7) is 3.19. The van der Waals surface area contributed by atoms with Crippen molar-refractivity contribution in [2.45, 2.75) is 25.9 Å². The summed E-state index contributed by atoms with van der Waals surface area (Å²) < 4.78 is 11.6. The fraction of sp³-hybridized carbons (Fsp3) is 0.353. The Balaban J connectivity index is 1.91. The number of nitrogens with one attached hydrogen (secondary N) is 1. The van der Waals surface area contributed by atoms with Crippen LogP contribution in [0, 0.1) is 6.92 Å². The Hall–Kier alpha value is -1.60. The minimum Gasteiger partial charge on any atom is -0.467 e. The van der Waals surface area contributed by atoms with E-state index in [-0.39, 0.29) is 6.04 Å². The third kappa shape index (κ3) is 3.72. The van der Waals surface area contributed by atoms with Crippen molar-refractivity contribution in [1.82, 2.24) is 4.98 Å². The Labute approximate surface area is 149 Å². The van der Waals surface area contributed by atoms with Crippen LogP contribution in [0.1, 0.15) is 16.2 Å².